The molecule has 1 heterocycles. The molecule has 0 unspecified atom stereocenters. The lowest BCUT2D eigenvalue weighted by Crippen LogP contribution is -2.34. The van der Waals surface area contributed by atoms with E-state index in [1.807, 2.05) is 11.0 Å². The molecule has 73 heavy (non-hydrogen) atoms. The summed E-state index contributed by atoms with van der Waals surface area (Å²) in [4.78, 5) is 33.9. The number of halogens is 4. The monoisotopic (exact) mass is 1040 g/mol. The molecular formula is C52H80F4N4O13. The summed E-state index contributed by atoms with van der Waals surface area (Å²) in [5.74, 6) is -8.97. The predicted octanol–water partition coefficient (Wildman–Crippen LogP) is 6.47. The van der Waals surface area contributed by atoms with E-state index >= 15 is 0 Å². The fourth-order valence-corrected chi connectivity index (χ4v) is 7.05. The van der Waals surface area contributed by atoms with E-state index in [1.165, 1.54) is 5.56 Å². The van der Waals surface area contributed by atoms with Crippen molar-refractivity contribution >= 4 is 29.5 Å². The fourth-order valence-electron chi connectivity index (χ4n) is 7.05. The minimum Gasteiger partial charge on any atom is -0.420 e. The smallest absolute Gasteiger partial charge is 0.313 e. The number of aliphatic imine (C=N–C) groups is 1. The highest BCUT2D eigenvalue weighted by molar-refractivity contribution is 6.05. The normalized spacial score (nSPS) is 12.5. The Hall–Kier alpha value is -4.13. The third-order valence-corrected chi connectivity index (χ3v) is 10.8. The Balaban J connectivity index is 0.988. The van der Waals surface area contributed by atoms with Crippen molar-refractivity contribution in [1.29, 1.82) is 0 Å². The van der Waals surface area contributed by atoms with Crippen LogP contribution in [0, 0.1) is 23.3 Å². The van der Waals surface area contributed by atoms with Gasteiger partial charge in [-0.3, -0.25) is 9.59 Å². The molecule has 0 saturated carbocycles. The highest BCUT2D eigenvalue weighted by atomic mass is 19.2. The number of nitrogens with zero attached hydrogens (tertiary/aromatic N) is 3. The van der Waals surface area contributed by atoms with Crippen LogP contribution in [-0.2, 0) is 63.4 Å². The number of amides is 1. The van der Waals surface area contributed by atoms with E-state index in [4.69, 9.17) is 53.1 Å². The Labute approximate surface area is 428 Å². The third kappa shape index (κ3) is 28.4. The van der Waals surface area contributed by atoms with E-state index in [0.717, 1.165) is 76.0 Å². The molecule has 2 aromatic carbocycles. The number of benzene rings is 2. The van der Waals surface area contributed by atoms with E-state index in [2.05, 4.69) is 53.7 Å². The van der Waals surface area contributed by atoms with Crippen LogP contribution in [0.15, 0.2) is 34.8 Å². The van der Waals surface area contributed by atoms with E-state index in [-0.39, 0.29) is 31.8 Å². The SMILES string of the molecule is CCCN(CCC)C(=O)C1=Cc2ccc(CCCCCN(C)CCOCCOCCOCCOCCOCCOCCOCCOCCOCCOCCC(=O)Oc3c(F)c(F)cc(F)c3F)cc2N=C(N)C1. The topological polar surface area (TPSA) is 181 Å². The van der Waals surface area contributed by atoms with Gasteiger partial charge in [0, 0.05) is 43.3 Å². The Morgan fingerprint density at radius 1 is 0.575 bits per heavy atom. The summed E-state index contributed by atoms with van der Waals surface area (Å²) in [5, 5.41) is 0. The second-order valence-electron chi connectivity index (χ2n) is 16.9. The van der Waals surface area contributed by atoms with Crippen LogP contribution in [0.25, 0.3) is 6.08 Å². The maximum absolute atomic E-state index is 13.6. The molecule has 1 aliphatic heterocycles. The number of rotatable bonds is 45. The quantitative estimate of drug-likeness (QED) is 0.0250. The van der Waals surface area contributed by atoms with Crippen molar-refractivity contribution in [2.75, 3.05) is 165 Å². The highest BCUT2D eigenvalue weighted by Gasteiger charge is 2.24. The minimum atomic E-state index is -1.80. The van der Waals surface area contributed by atoms with Gasteiger partial charge < -0.3 is 67.6 Å². The van der Waals surface area contributed by atoms with Crippen LogP contribution < -0.4 is 10.5 Å². The molecule has 414 valence electrons. The molecule has 0 aromatic heterocycles. The fraction of sp³-hybridized carbons (Fsp3) is 0.673. The van der Waals surface area contributed by atoms with Crippen molar-refractivity contribution in [3.8, 4) is 5.75 Å². The number of amidine groups is 1. The number of carbonyl (C=O) groups is 2. The molecule has 21 heteroatoms. The van der Waals surface area contributed by atoms with Gasteiger partial charge in [0.25, 0.3) is 0 Å². The van der Waals surface area contributed by atoms with Crippen LogP contribution in [0.5, 0.6) is 5.75 Å². The lowest BCUT2D eigenvalue weighted by atomic mass is 10.0. The standard InChI is InChI=1S/C52H80F4N4O13/c1-4-13-60(14-5-2)52(62)43-38-42-11-10-41(37-46(42)58-47(57)39-43)9-7-6-8-15-59(3)16-18-64-20-22-66-24-26-68-28-30-70-32-34-72-36-35-71-33-31-69-29-27-67-25-23-65-21-19-63-17-12-48(61)73-51-49(55)44(53)40-45(54)50(51)56/h10-11,37-38,40H,4-9,12-36,39H2,1-3H3,(H2,57,58). The molecule has 0 aliphatic carbocycles. The summed E-state index contributed by atoms with van der Waals surface area (Å²) in [6.45, 7) is 15.3. The molecule has 17 nitrogen and oxygen atoms in total. The largest absolute Gasteiger partial charge is 0.420 e. The van der Waals surface area contributed by atoms with Crippen molar-refractivity contribution in [3.63, 3.8) is 0 Å². The first-order valence-corrected chi connectivity index (χ1v) is 25.5. The second kappa shape index (κ2) is 40.2. The molecule has 0 saturated heterocycles. The van der Waals surface area contributed by atoms with Gasteiger partial charge in [0.1, 0.15) is 5.84 Å². The molecule has 0 spiro atoms. The van der Waals surface area contributed by atoms with Crippen LogP contribution in [0.2, 0.25) is 0 Å². The average Bonchev–Trinajstić information content (AvgIpc) is 3.54. The summed E-state index contributed by atoms with van der Waals surface area (Å²) < 4.78 is 113. The second-order valence-corrected chi connectivity index (χ2v) is 16.9. The Bertz CT molecular complexity index is 1870. The minimum absolute atomic E-state index is 0.0193. The molecule has 1 aliphatic rings. The predicted molar refractivity (Wildman–Crippen MR) is 267 cm³/mol. The van der Waals surface area contributed by atoms with Crippen molar-refractivity contribution in [1.82, 2.24) is 9.80 Å². The Morgan fingerprint density at radius 3 is 1.49 bits per heavy atom. The van der Waals surface area contributed by atoms with Gasteiger partial charge in [0.15, 0.2) is 11.6 Å². The van der Waals surface area contributed by atoms with E-state index in [1.54, 1.807) is 0 Å². The molecule has 0 atom stereocenters. The molecule has 2 aromatic rings. The molecular weight excluding hydrogens is 965 g/mol. The molecule has 2 N–H and O–H groups in total. The summed E-state index contributed by atoms with van der Waals surface area (Å²) in [7, 11) is 2.12. The Morgan fingerprint density at radius 2 is 1.03 bits per heavy atom. The molecule has 3 rings (SSSR count). The number of ether oxygens (including phenoxy) is 11. The average molecular weight is 1050 g/mol. The van der Waals surface area contributed by atoms with Crippen LogP contribution in [-0.4, -0.2) is 193 Å². The zero-order valence-corrected chi connectivity index (χ0v) is 43.3. The van der Waals surface area contributed by atoms with Crippen LogP contribution in [0.1, 0.15) is 69.9 Å². The Kier molecular flexibility index (Phi) is 34.8. The van der Waals surface area contributed by atoms with Crippen LogP contribution >= 0.6 is 0 Å². The number of nitrogens with two attached hydrogens (primary N) is 1. The summed E-state index contributed by atoms with van der Waals surface area (Å²) in [6, 6.07) is 6.34. The van der Waals surface area contributed by atoms with Gasteiger partial charge in [0.05, 0.1) is 144 Å². The lowest BCUT2D eigenvalue weighted by Gasteiger charge is -2.22. The van der Waals surface area contributed by atoms with Crippen molar-refractivity contribution < 1.29 is 79.3 Å². The number of esters is 1. The van der Waals surface area contributed by atoms with E-state index in [9.17, 15) is 27.2 Å². The van der Waals surface area contributed by atoms with Gasteiger partial charge in [-0.15, -0.1) is 0 Å². The van der Waals surface area contributed by atoms with E-state index < -0.39 is 41.4 Å². The molecule has 0 bridgehead atoms. The zero-order valence-electron chi connectivity index (χ0n) is 43.3. The molecule has 0 radical (unpaired) electrons. The number of likely N-dealkylation sites (N-methyl/N-ethyl adjacent to an activating group) is 1. The van der Waals surface area contributed by atoms with Gasteiger partial charge in [-0.2, -0.15) is 8.78 Å². The number of hydrogen-bond acceptors (Lipinski definition) is 16. The van der Waals surface area contributed by atoms with Crippen LogP contribution in [0.3, 0.4) is 0 Å². The van der Waals surface area contributed by atoms with Gasteiger partial charge in [0.2, 0.25) is 23.3 Å². The van der Waals surface area contributed by atoms with Gasteiger partial charge >= 0.3 is 5.97 Å². The van der Waals surface area contributed by atoms with Crippen molar-refractivity contribution in [2.24, 2.45) is 10.7 Å². The number of unbranched alkanes of at least 4 members (excludes halogenated alkanes) is 2. The van der Waals surface area contributed by atoms with Gasteiger partial charge in [-0.1, -0.05) is 32.4 Å². The summed E-state index contributed by atoms with van der Waals surface area (Å²) in [5.41, 5.74) is 9.99. The first-order valence-electron chi connectivity index (χ1n) is 25.5. The van der Waals surface area contributed by atoms with Crippen LogP contribution in [0.4, 0.5) is 23.2 Å². The first-order chi connectivity index (χ1) is 35.5. The highest BCUT2D eigenvalue weighted by Crippen LogP contribution is 2.29. The van der Waals surface area contributed by atoms with E-state index in [0.29, 0.717) is 130 Å². The van der Waals surface area contributed by atoms with Crippen molar-refractivity contribution in [2.45, 2.75) is 65.2 Å². The molecule has 0 fully saturated rings. The van der Waals surface area contributed by atoms with Crippen molar-refractivity contribution in [3.05, 3.63) is 64.2 Å². The molecule has 1 amide bonds. The lowest BCUT2D eigenvalue weighted by molar-refractivity contribution is -0.136. The summed E-state index contributed by atoms with van der Waals surface area (Å²) in [6.07, 6.45) is 8.07. The zero-order chi connectivity index (χ0) is 52.7. The number of carbonyl (C=O) groups excluding carboxylic acids is 2. The summed E-state index contributed by atoms with van der Waals surface area (Å²) >= 11 is 0. The number of aryl methyl sites for hydroxylation is 1. The maximum Gasteiger partial charge on any atom is 0.313 e. The number of hydrogen-bond donors (Lipinski definition) is 1. The maximum atomic E-state index is 13.6. The third-order valence-electron chi connectivity index (χ3n) is 10.8. The van der Waals surface area contributed by atoms with Gasteiger partial charge in [-0.25, -0.2) is 13.8 Å². The number of fused-ring (bicyclic) bond motifs is 1. The van der Waals surface area contributed by atoms with Gasteiger partial charge in [-0.05, 0) is 63.4 Å². The first kappa shape index (κ1) is 63.2.